The van der Waals surface area contributed by atoms with Crippen LogP contribution in [0.2, 0.25) is 0 Å². The SMILES string of the molecule is Cc1nc(S(=O)(=O)NC(CN)C(C)(C)C)cn1C. The first-order valence-electron chi connectivity index (χ1n) is 5.80. The van der Waals surface area contributed by atoms with Crippen LogP contribution in [-0.2, 0) is 17.1 Å². The highest BCUT2D eigenvalue weighted by Gasteiger charge is 2.29. The molecule has 1 heterocycles. The fourth-order valence-corrected chi connectivity index (χ4v) is 2.98. The summed E-state index contributed by atoms with van der Waals surface area (Å²) in [6.07, 6.45) is 1.49. The number of nitrogens with zero attached hydrogens (tertiary/aromatic N) is 2. The third-order valence-corrected chi connectivity index (χ3v) is 4.28. The van der Waals surface area contributed by atoms with E-state index < -0.39 is 10.0 Å². The first kappa shape index (κ1) is 15.1. The third-order valence-electron chi connectivity index (χ3n) is 2.94. The lowest BCUT2D eigenvalue weighted by atomic mass is 9.88. The molecule has 6 nitrogen and oxygen atoms in total. The summed E-state index contributed by atoms with van der Waals surface area (Å²) in [5, 5.41) is 0.0326. The Morgan fingerprint density at radius 2 is 2.06 bits per heavy atom. The highest BCUT2D eigenvalue weighted by molar-refractivity contribution is 7.89. The van der Waals surface area contributed by atoms with Gasteiger partial charge in [0.15, 0.2) is 5.03 Å². The second-order valence-electron chi connectivity index (χ2n) is 5.51. The molecule has 0 spiro atoms. The van der Waals surface area contributed by atoms with Gasteiger partial charge < -0.3 is 10.3 Å². The van der Waals surface area contributed by atoms with E-state index in [0.717, 1.165) is 0 Å². The molecule has 0 aliphatic heterocycles. The van der Waals surface area contributed by atoms with Crippen molar-refractivity contribution in [3.05, 3.63) is 12.0 Å². The van der Waals surface area contributed by atoms with Crippen LogP contribution in [0.1, 0.15) is 26.6 Å². The standard InChI is InChI=1S/C11H22N4O2S/c1-8-13-10(7-15(8)5)18(16,17)14-9(6-12)11(2,3)4/h7,9,14H,6,12H2,1-5H3. The van der Waals surface area contributed by atoms with Gasteiger partial charge in [0.25, 0.3) is 10.0 Å². The van der Waals surface area contributed by atoms with E-state index in [2.05, 4.69) is 9.71 Å². The van der Waals surface area contributed by atoms with E-state index in [0.29, 0.717) is 5.82 Å². The van der Waals surface area contributed by atoms with Crippen molar-refractivity contribution in [2.75, 3.05) is 6.54 Å². The van der Waals surface area contributed by atoms with E-state index in [4.69, 9.17) is 5.73 Å². The number of nitrogens with two attached hydrogens (primary N) is 1. The molecule has 0 fully saturated rings. The summed E-state index contributed by atoms with van der Waals surface area (Å²) in [7, 11) is -1.86. The maximum absolute atomic E-state index is 12.2. The summed E-state index contributed by atoms with van der Waals surface area (Å²) in [5.74, 6) is 0.649. The Kier molecular flexibility index (Phi) is 4.19. The molecule has 0 saturated heterocycles. The predicted molar refractivity (Wildman–Crippen MR) is 70.6 cm³/mol. The van der Waals surface area contributed by atoms with E-state index in [9.17, 15) is 8.42 Å². The zero-order valence-electron chi connectivity index (χ0n) is 11.6. The largest absolute Gasteiger partial charge is 0.337 e. The molecular weight excluding hydrogens is 252 g/mol. The van der Waals surface area contributed by atoms with Crippen molar-refractivity contribution in [2.24, 2.45) is 18.2 Å². The van der Waals surface area contributed by atoms with E-state index >= 15 is 0 Å². The van der Waals surface area contributed by atoms with Crippen LogP contribution in [0, 0.1) is 12.3 Å². The van der Waals surface area contributed by atoms with Gasteiger partial charge in [-0.25, -0.2) is 18.1 Å². The number of sulfonamides is 1. The van der Waals surface area contributed by atoms with Crippen LogP contribution in [0.25, 0.3) is 0 Å². The average molecular weight is 274 g/mol. The minimum absolute atomic E-state index is 0.0326. The minimum Gasteiger partial charge on any atom is -0.337 e. The van der Waals surface area contributed by atoms with Crippen LogP contribution in [-0.4, -0.2) is 30.6 Å². The molecule has 0 bridgehead atoms. The second-order valence-corrected chi connectivity index (χ2v) is 7.17. The van der Waals surface area contributed by atoms with Gasteiger partial charge in [0.05, 0.1) is 0 Å². The van der Waals surface area contributed by atoms with Crippen molar-refractivity contribution < 1.29 is 8.42 Å². The molecule has 0 aliphatic rings. The summed E-state index contributed by atoms with van der Waals surface area (Å²) in [4.78, 5) is 4.02. The van der Waals surface area contributed by atoms with E-state index in [-0.39, 0.29) is 23.0 Å². The van der Waals surface area contributed by atoms with Crippen LogP contribution in [0.4, 0.5) is 0 Å². The highest BCUT2D eigenvalue weighted by atomic mass is 32.2. The van der Waals surface area contributed by atoms with Crippen LogP contribution in [0.15, 0.2) is 11.2 Å². The summed E-state index contributed by atoms with van der Waals surface area (Å²) >= 11 is 0. The minimum atomic E-state index is -3.62. The maximum atomic E-state index is 12.2. The van der Waals surface area contributed by atoms with Gasteiger partial charge >= 0.3 is 0 Å². The molecule has 104 valence electrons. The van der Waals surface area contributed by atoms with Crippen molar-refractivity contribution in [3.8, 4) is 0 Å². The molecule has 0 aromatic carbocycles. The monoisotopic (exact) mass is 274 g/mol. The van der Waals surface area contributed by atoms with Crippen LogP contribution in [0.3, 0.4) is 0 Å². The molecule has 0 aliphatic carbocycles. The van der Waals surface area contributed by atoms with E-state index in [1.165, 1.54) is 6.20 Å². The molecule has 3 N–H and O–H groups in total. The van der Waals surface area contributed by atoms with Crippen molar-refractivity contribution >= 4 is 10.0 Å². The Morgan fingerprint density at radius 3 is 2.39 bits per heavy atom. The van der Waals surface area contributed by atoms with Gasteiger partial charge in [-0.1, -0.05) is 20.8 Å². The fraction of sp³-hybridized carbons (Fsp3) is 0.727. The van der Waals surface area contributed by atoms with Crippen LogP contribution < -0.4 is 10.5 Å². The second kappa shape index (κ2) is 4.99. The lowest BCUT2D eigenvalue weighted by molar-refractivity contribution is 0.304. The normalized spacial score (nSPS) is 14.8. The van der Waals surface area contributed by atoms with Gasteiger partial charge in [-0.05, 0) is 12.3 Å². The van der Waals surface area contributed by atoms with E-state index in [1.54, 1.807) is 18.5 Å². The lowest BCUT2D eigenvalue weighted by Gasteiger charge is -2.29. The molecule has 18 heavy (non-hydrogen) atoms. The Bertz CT molecular complexity index is 494. The predicted octanol–water partition coefficient (Wildman–Crippen LogP) is 0.380. The van der Waals surface area contributed by atoms with Crippen LogP contribution >= 0.6 is 0 Å². The number of hydrogen-bond acceptors (Lipinski definition) is 4. The molecule has 1 unspecified atom stereocenters. The van der Waals surface area contributed by atoms with Crippen molar-refractivity contribution in [1.82, 2.24) is 14.3 Å². The lowest BCUT2D eigenvalue weighted by Crippen LogP contribution is -2.48. The Morgan fingerprint density at radius 1 is 1.50 bits per heavy atom. The van der Waals surface area contributed by atoms with E-state index in [1.807, 2.05) is 20.8 Å². The number of hydrogen-bond donors (Lipinski definition) is 2. The van der Waals surface area contributed by atoms with Gasteiger partial charge in [-0.3, -0.25) is 0 Å². The molecule has 0 saturated carbocycles. The third kappa shape index (κ3) is 3.30. The van der Waals surface area contributed by atoms with Gasteiger partial charge in [0.1, 0.15) is 5.82 Å². The number of aromatic nitrogens is 2. The van der Waals surface area contributed by atoms with Gasteiger partial charge in [-0.15, -0.1) is 0 Å². The topological polar surface area (TPSA) is 90.0 Å². The number of aryl methyl sites for hydroxylation is 2. The Labute approximate surface area is 109 Å². The summed E-state index contributed by atoms with van der Waals surface area (Å²) in [5.41, 5.74) is 5.38. The molecule has 1 atom stereocenters. The van der Waals surface area contributed by atoms with Gasteiger partial charge in [0.2, 0.25) is 0 Å². The van der Waals surface area contributed by atoms with Crippen molar-refractivity contribution in [2.45, 2.75) is 38.8 Å². The first-order valence-corrected chi connectivity index (χ1v) is 7.28. The Hall–Kier alpha value is -0.920. The smallest absolute Gasteiger partial charge is 0.259 e. The van der Waals surface area contributed by atoms with Gasteiger partial charge in [-0.2, -0.15) is 0 Å². The maximum Gasteiger partial charge on any atom is 0.259 e. The summed E-state index contributed by atoms with van der Waals surface area (Å²) in [6.45, 7) is 7.82. The molecule has 0 amide bonds. The van der Waals surface area contributed by atoms with Crippen molar-refractivity contribution in [1.29, 1.82) is 0 Å². The number of nitrogens with one attached hydrogen (secondary N) is 1. The summed E-state index contributed by atoms with van der Waals surface area (Å²) in [6, 6.07) is -0.329. The first-order chi connectivity index (χ1) is 8.08. The highest BCUT2D eigenvalue weighted by Crippen LogP contribution is 2.20. The summed E-state index contributed by atoms with van der Waals surface area (Å²) < 4.78 is 28.6. The van der Waals surface area contributed by atoms with Crippen LogP contribution in [0.5, 0.6) is 0 Å². The molecular formula is C11H22N4O2S. The zero-order chi connectivity index (χ0) is 14.1. The molecule has 0 radical (unpaired) electrons. The van der Waals surface area contributed by atoms with Gasteiger partial charge in [0, 0.05) is 25.8 Å². The number of rotatable bonds is 4. The quantitative estimate of drug-likeness (QED) is 0.830. The average Bonchev–Trinajstić information content (AvgIpc) is 2.55. The molecule has 7 heteroatoms. The fourth-order valence-electron chi connectivity index (χ4n) is 1.48. The molecule has 1 aromatic rings. The molecule has 1 rings (SSSR count). The Balaban J connectivity index is 3.01. The number of imidazole rings is 1. The zero-order valence-corrected chi connectivity index (χ0v) is 12.4. The molecule has 1 aromatic heterocycles. The van der Waals surface area contributed by atoms with Crippen molar-refractivity contribution in [3.63, 3.8) is 0 Å².